The van der Waals surface area contributed by atoms with E-state index in [1.54, 1.807) is 12.5 Å². The molecule has 1 heterocycles. The van der Waals surface area contributed by atoms with Crippen LogP contribution >= 0.6 is 0 Å². The lowest BCUT2D eigenvalue weighted by Gasteiger charge is -2.13. The number of hydrogen-bond donors (Lipinski definition) is 1. The number of nitrogens with one attached hydrogen (secondary N) is 1. The molecule has 4 heteroatoms. The zero-order valence-electron chi connectivity index (χ0n) is 16.2. The van der Waals surface area contributed by atoms with Crippen LogP contribution in [0.1, 0.15) is 32.6 Å². The first-order valence-corrected chi connectivity index (χ1v) is 9.72. The number of nitrogens with zero attached hydrogens (tertiary/aromatic N) is 2. The fourth-order valence-corrected chi connectivity index (χ4v) is 3.44. The van der Waals surface area contributed by atoms with Gasteiger partial charge in [0.2, 0.25) is 0 Å². The van der Waals surface area contributed by atoms with Crippen molar-refractivity contribution in [2.45, 2.75) is 19.5 Å². The molecule has 1 N–H and O–H groups in total. The summed E-state index contributed by atoms with van der Waals surface area (Å²) in [6, 6.07) is 26.2. The van der Waals surface area contributed by atoms with Crippen LogP contribution in [0.3, 0.4) is 0 Å². The Morgan fingerprint density at radius 1 is 0.828 bits per heavy atom. The average Bonchev–Trinajstić information content (AvgIpc) is 3.27. The second kappa shape index (κ2) is 9.02. The molecule has 0 aliphatic heterocycles. The van der Waals surface area contributed by atoms with Gasteiger partial charge in [0.15, 0.2) is 0 Å². The first-order chi connectivity index (χ1) is 14.3. The first-order valence-electron chi connectivity index (χ1n) is 9.72. The zero-order chi connectivity index (χ0) is 19.9. The van der Waals surface area contributed by atoms with Gasteiger partial charge in [-0.05, 0) is 34.7 Å². The molecule has 3 aromatic carbocycles. The van der Waals surface area contributed by atoms with Crippen molar-refractivity contribution in [3.63, 3.8) is 0 Å². The zero-order valence-corrected chi connectivity index (χ0v) is 16.2. The van der Waals surface area contributed by atoms with Crippen LogP contribution in [0.5, 0.6) is 0 Å². The van der Waals surface area contributed by atoms with Crippen molar-refractivity contribution < 1.29 is 4.79 Å². The standard InChI is InChI=1S/C25H23N3O/c29-25(24-13-7-6-10-21(24)16-20-8-2-1-3-9-20)27-17-22-11-4-5-12-23(22)18-28-15-14-26-19-28/h1-15,19H,16-18H2,(H,27,29). The Labute approximate surface area is 170 Å². The fourth-order valence-electron chi connectivity index (χ4n) is 3.44. The van der Waals surface area contributed by atoms with Crippen molar-refractivity contribution in [1.29, 1.82) is 0 Å². The molecule has 0 aliphatic rings. The van der Waals surface area contributed by atoms with E-state index in [9.17, 15) is 4.79 Å². The Morgan fingerprint density at radius 3 is 2.28 bits per heavy atom. The quantitative estimate of drug-likeness (QED) is 0.514. The number of rotatable bonds is 7. The number of carbonyl (C=O) groups excluding carboxylic acids is 1. The van der Waals surface area contributed by atoms with E-state index in [2.05, 4.69) is 34.6 Å². The van der Waals surface area contributed by atoms with Crippen molar-refractivity contribution in [2.75, 3.05) is 0 Å². The van der Waals surface area contributed by atoms with Gasteiger partial charge < -0.3 is 9.88 Å². The summed E-state index contributed by atoms with van der Waals surface area (Å²) in [6.07, 6.45) is 6.25. The maximum absolute atomic E-state index is 12.9. The summed E-state index contributed by atoms with van der Waals surface area (Å²) in [6.45, 7) is 1.22. The highest BCUT2D eigenvalue weighted by atomic mass is 16.1. The number of aromatic nitrogens is 2. The SMILES string of the molecule is O=C(NCc1ccccc1Cn1ccnc1)c1ccccc1Cc1ccccc1. The van der Waals surface area contributed by atoms with E-state index in [-0.39, 0.29) is 5.91 Å². The molecule has 1 amide bonds. The van der Waals surface area contributed by atoms with Gasteiger partial charge in [-0.3, -0.25) is 4.79 Å². The van der Waals surface area contributed by atoms with E-state index in [0.29, 0.717) is 6.54 Å². The Morgan fingerprint density at radius 2 is 1.52 bits per heavy atom. The smallest absolute Gasteiger partial charge is 0.251 e. The van der Waals surface area contributed by atoms with Crippen molar-refractivity contribution in [3.05, 3.63) is 125 Å². The molecule has 4 nitrogen and oxygen atoms in total. The van der Waals surface area contributed by atoms with Gasteiger partial charge in [-0.25, -0.2) is 4.98 Å². The minimum absolute atomic E-state index is 0.0473. The van der Waals surface area contributed by atoms with Gasteiger partial charge in [-0.1, -0.05) is 72.8 Å². The van der Waals surface area contributed by atoms with E-state index >= 15 is 0 Å². The number of carbonyl (C=O) groups is 1. The predicted octanol–water partition coefficient (Wildman–Crippen LogP) is 4.45. The Kier molecular flexibility index (Phi) is 5.81. The largest absolute Gasteiger partial charge is 0.348 e. The maximum Gasteiger partial charge on any atom is 0.251 e. The van der Waals surface area contributed by atoms with Crippen molar-refractivity contribution in [2.24, 2.45) is 0 Å². The first kappa shape index (κ1) is 18.7. The van der Waals surface area contributed by atoms with E-state index in [4.69, 9.17) is 0 Å². The third-order valence-electron chi connectivity index (χ3n) is 4.97. The van der Waals surface area contributed by atoms with Crippen LogP contribution in [-0.4, -0.2) is 15.5 Å². The summed E-state index contributed by atoms with van der Waals surface area (Å²) in [5, 5.41) is 3.10. The number of benzene rings is 3. The highest BCUT2D eigenvalue weighted by molar-refractivity contribution is 5.95. The van der Waals surface area contributed by atoms with E-state index in [0.717, 1.165) is 29.7 Å². The number of imidazole rings is 1. The molecule has 0 saturated carbocycles. The fraction of sp³-hybridized carbons (Fsp3) is 0.120. The van der Waals surface area contributed by atoms with Crippen LogP contribution in [-0.2, 0) is 19.5 Å². The lowest BCUT2D eigenvalue weighted by molar-refractivity contribution is 0.0950. The molecule has 4 aromatic rings. The van der Waals surface area contributed by atoms with Crippen LogP contribution in [0.2, 0.25) is 0 Å². The number of hydrogen-bond acceptors (Lipinski definition) is 2. The molecule has 4 rings (SSSR count). The molecule has 1 aromatic heterocycles. The number of amides is 1. The molecule has 0 saturated heterocycles. The van der Waals surface area contributed by atoms with Gasteiger partial charge in [0, 0.05) is 31.0 Å². The Balaban J connectivity index is 1.47. The van der Waals surface area contributed by atoms with Crippen LogP contribution in [0, 0.1) is 0 Å². The molecule has 29 heavy (non-hydrogen) atoms. The topological polar surface area (TPSA) is 46.9 Å². The van der Waals surface area contributed by atoms with Gasteiger partial charge in [-0.2, -0.15) is 0 Å². The molecule has 0 spiro atoms. The minimum Gasteiger partial charge on any atom is -0.348 e. The monoisotopic (exact) mass is 381 g/mol. The predicted molar refractivity (Wildman–Crippen MR) is 115 cm³/mol. The normalized spacial score (nSPS) is 10.6. The van der Waals surface area contributed by atoms with E-state index in [1.165, 1.54) is 11.1 Å². The molecule has 0 fully saturated rings. The molecule has 0 atom stereocenters. The van der Waals surface area contributed by atoms with Gasteiger partial charge in [0.25, 0.3) is 5.91 Å². The van der Waals surface area contributed by atoms with Gasteiger partial charge in [0.1, 0.15) is 0 Å². The Hall–Kier alpha value is -3.66. The molecular formula is C25H23N3O. The van der Waals surface area contributed by atoms with E-state index in [1.807, 2.05) is 65.4 Å². The summed E-state index contributed by atoms with van der Waals surface area (Å²) in [5.41, 5.74) is 5.23. The van der Waals surface area contributed by atoms with Gasteiger partial charge >= 0.3 is 0 Å². The summed E-state index contributed by atoms with van der Waals surface area (Å²) in [5.74, 6) is -0.0473. The molecule has 0 bridgehead atoms. The summed E-state index contributed by atoms with van der Waals surface area (Å²) in [7, 11) is 0. The molecular weight excluding hydrogens is 358 g/mol. The molecule has 0 radical (unpaired) electrons. The van der Waals surface area contributed by atoms with Crippen LogP contribution in [0.15, 0.2) is 97.6 Å². The van der Waals surface area contributed by atoms with Crippen molar-refractivity contribution >= 4 is 5.91 Å². The lowest BCUT2D eigenvalue weighted by Crippen LogP contribution is -2.24. The highest BCUT2D eigenvalue weighted by Crippen LogP contribution is 2.16. The minimum atomic E-state index is -0.0473. The third kappa shape index (κ3) is 4.79. The summed E-state index contributed by atoms with van der Waals surface area (Å²) >= 11 is 0. The van der Waals surface area contributed by atoms with Crippen LogP contribution in [0.4, 0.5) is 0 Å². The average molecular weight is 381 g/mol. The second-order valence-corrected chi connectivity index (χ2v) is 7.01. The summed E-state index contributed by atoms with van der Waals surface area (Å²) < 4.78 is 2.02. The molecule has 0 unspecified atom stereocenters. The highest BCUT2D eigenvalue weighted by Gasteiger charge is 2.12. The summed E-state index contributed by atoms with van der Waals surface area (Å²) in [4.78, 5) is 17.0. The van der Waals surface area contributed by atoms with Gasteiger partial charge in [-0.15, -0.1) is 0 Å². The van der Waals surface area contributed by atoms with Crippen LogP contribution < -0.4 is 5.32 Å². The molecule has 144 valence electrons. The Bertz CT molecular complexity index is 1070. The van der Waals surface area contributed by atoms with Crippen molar-refractivity contribution in [3.8, 4) is 0 Å². The lowest BCUT2D eigenvalue weighted by atomic mass is 9.99. The van der Waals surface area contributed by atoms with E-state index < -0.39 is 0 Å². The third-order valence-corrected chi connectivity index (χ3v) is 4.97. The maximum atomic E-state index is 12.9. The van der Waals surface area contributed by atoms with Crippen molar-refractivity contribution in [1.82, 2.24) is 14.9 Å². The van der Waals surface area contributed by atoms with Crippen LogP contribution in [0.25, 0.3) is 0 Å². The molecule has 0 aliphatic carbocycles. The second-order valence-electron chi connectivity index (χ2n) is 7.01. The van der Waals surface area contributed by atoms with Gasteiger partial charge in [0.05, 0.1) is 6.33 Å².